The van der Waals surface area contributed by atoms with Crippen LogP contribution in [0.5, 0.6) is 11.6 Å². The van der Waals surface area contributed by atoms with Gasteiger partial charge in [0.2, 0.25) is 5.88 Å². The number of ether oxygens (including phenoxy) is 2. The highest BCUT2D eigenvalue weighted by molar-refractivity contribution is 6.31. The molecule has 0 saturated carbocycles. The molecule has 0 radical (unpaired) electrons. The maximum atomic E-state index is 12.8. The smallest absolute Gasteiger partial charge is 0.417 e. The van der Waals surface area contributed by atoms with Gasteiger partial charge < -0.3 is 24.5 Å². The van der Waals surface area contributed by atoms with Gasteiger partial charge in [-0.05, 0) is 64.7 Å². The minimum absolute atomic E-state index is 0.00839. The number of unbranched alkanes of at least 4 members (excludes halogenated alkanes) is 1. The first-order chi connectivity index (χ1) is 18.1. The second kappa shape index (κ2) is 12.1. The van der Waals surface area contributed by atoms with E-state index >= 15 is 0 Å². The number of rotatable bonds is 10. The van der Waals surface area contributed by atoms with Gasteiger partial charge in [0.05, 0.1) is 12.2 Å². The molecule has 1 fully saturated rings. The van der Waals surface area contributed by atoms with E-state index in [-0.39, 0.29) is 28.1 Å². The molecular formula is C24H24Cl2F3N5O4. The summed E-state index contributed by atoms with van der Waals surface area (Å²) >= 11 is 11.9. The van der Waals surface area contributed by atoms with Crippen molar-refractivity contribution in [3.63, 3.8) is 0 Å². The number of imidazole rings is 1. The molecule has 14 heteroatoms. The Morgan fingerprint density at radius 1 is 1.13 bits per heavy atom. The second-order valence-corrected chi connectivity index (χ2v) is 9.43. The lowest BCUT2D eigenvalue weighted by atomic mass is 10.1. The number of hydrogen-bond donors (Lipinski definition) is 0. The highest BCUT2D eigenvalue weighted by atomic mass is 35.5. The maximum Gasteiger partial charge on any atom is 0.417 e. The number of aryl methyl sites for hydroxylation is 1. The third-order valence-corrected chi connectivity index (χ3v) is 6.59. The number of nitro groups is 1. The molecule has 204 valence electrons. The number of alkyl halides is 3. The Balaban J connectivity index is 1.18. The molecule has 0 spiro atoms. The number of nitrogens with zero attached hydrogens (tertiary/aromatic N) is 5. The van der Waals surface area contributed by atoms with E-state index in [1.165, 1.54) is 10.8 Å². The fourth-order valence-corrected chi connectivity index (χ4v) is 4.44. The van der Waals surface area contributed by atoms with E-state index in [9.17, 15) is 23.3 Å². The molecule has 9 nitrogen and oxygen atoms in total. The van der Waals surface area contributed by atoms with E-state index in [0.717, 1.165) is 36.5 Å². The van der Waals surface area contributed by atoms with Gasteiger partial charge in [0.15, 0.2) is 0 Å². The summed E-state index contributed by atoms with van der Waals surface area (Å²) in [5.41, 5.74) is 0.114. The van der Waals surface area contributed by atoms with E-state index in [1.54, 1.807) is 0 Å². The van der Waals surface area contributed by atoms with Crippen LogP contribution in [0.1, 0.15) is 31.2 Å². The van der Waals surface area contributed by atoms with Crippen LogP contribution >= 0.6 is 23.2 Å². The standard InChI is InChI=1S/C24H24Cl2F3N5O4/c25-20-13-16(24(27,28)29)14-30-22(20)38-19-7-10-32(11-8-19)17-3-5-18(6-4-17)37-12-2-1-9-33-15-21(34(35)36)31-23(33)26/h3-6,13-15,19H,1-2,7-12H2. The van der Waals surface area contributed by atoms with Crippen molar-refractivity contribution >= 4 is 34.7 Å². The van der Waals surface area contributed by atoms with Crippen molar-refractivity contribution in [1.29, 1.82) is 0 Å². The molecule has 0 amide bonds. The molecule has 0 aliphatic carbocycles. The van der Waals surface area contributed by atoms with Gasteiger partial charge in [0.1, 0.15) is 23.1 Å². The lowest BCUT2D eigenvalue weighted by Gasteiger charge is -2.33. The minimum Gasteiger partial charge on any atom is -0.494 e. The number of aromatic nitrogens is 3. The zero-order valence-electron chi connectivity index (χ0n) is 20.0. The van der Waals surface area contributed by atoms with Crippen molar-refractivity contribution < 1.29 is 27.6 Å². The average Bonchev–Trinajstić information content (AvgIpc) is 3.26. The van der Waals surface area contributed by atoms with Crippen molar-refractivity contribution in [2.75, 3.05) is 24.6 Å². The van der Waals surface area contributed by atoms with Crippen LogP contribution in [-0.2, 0) is 12.7 Å². The first-order valence-corrected chi connectivity index (χ1v) is 12.6. The van der Waals surface area contributed by atoms with Gasteiger partial charge in [-0.3, -0.25) is 4.57 Å². The molecule has 1 aliphatic heterocycles. The molecule has 1 aliphatic rings. The Morgan fingerprint density at radius 2 is 1.84 bits per heavy atom. The predicted octanol–water partition coefficient (Wildman–Crippen LogP) is 6.42. The third-order valence-electron chi connectivity index (χ3n) is 6.02. The quantitative estimate of drug-likeness (QED) is 0.157. The summed E-state index contributed by atoms with van der Waals surface area (Å²) in [5, 5.41) is 10.7. The van der Waals surface area contributed by atoms with Crippen LogP contribution in [0, 0.1) is 10.1 Å². The summed E-state index contributed by atoms with van der Waals surface area (Å²) in [4.78, 5) is 19.8. The van der Waals surface area contributed by atoms with Gasteiger partial charge in [-0.25, -0.2) is 4.98 Å². The van der Waals surface area contributed by atoms with Crippen LogP contribution in [0.2, 0.25) is 10.3 Å². The number of anilines is 1. The number of benzene rings is 1. The topological polar surface area (TPSA) is 95.5 Å². The fourth-order valence-electron chi connectivity index (χ4n) is 4.01. The van der Waals surface area contributed by atoms with E-state index in [1.807, 2.05) is 24.3 Å². The fraction of sp³-hybridized carbons (Fsp3) is 0.417. The van der Waals surface area contributed by atoms with Crippen LogP contribution in [0.3, 0.4) is 0 Å². The van der Waals surface area contributed by atoms with Crippen molar-refractivity contribution in [1.82, 2.24) is 14.5 Å². The Hall–Kier alpha value is -3.25. The van der Waals surface area contributed by atoms with Crippen LogP contribution in [-0.4, -0.2) is 45.3 Å². The van der Waals surface area contributed by atoms with Gasteiger partial charge in [-0.2, -0.15) is 13.2 Å². The van der Waals surface area contributed by atoms with Crippen LogP contribution in [0.4, 0.5) is 24.7 Å². The zero-order chi connectivity index (χ0) is 27.3. The lowest BCUT2D eigenvalue weighted by molar-refractivity contribution is -0.389. The van der Waals surface area contributed by atoms with Crippen LogP contribution in [0.25, 0.3) is 0 Å². The van der Waals surface area contributed by atoms with Gasteiger partial charge >= 0.3 is 17.3 Å². The van der Waals surface area contributed by atoms with Gasteiger partial charge in [-0.1, -0.05) is 11.6 Å². The lowest BCUT2D eigenvalue weighted by Crippen LogP contribution is -2.38. The number of pyridine rings is 1. The van der Waals surface area contributed by atoms with Crippen LogP contribution < -0.4 is 14.4 Å². The molecule has 0 atom stereocenters. The number of halogens is 5. The van der Waals surface area contributed by atoms with Crippen molar-refractivity contribution in [3.8, 4) is 11.6 Å². The van der Waals surface area contributed by atoms with E-state index in [0.29, 0.717) is 39.1 Å². The van der Waals surface area contributed by atoms with E-state index in [4.69, 9.17) is 32.7 Å². The second-order valence-electron chi connectivity index (χ2n) is 8.68. The molecule has 4 rings (SSSR count). The molecule has 38 heavy (non-hydrogen) atoms. The summed E-state index contributed by atoms with van der Waals surface area (Å²) in [5.74, 6) is 0.462. The Labute approximate surface area is 226 Å². The van der Waals surface area contributed by atoms with E-state index < -0.39 is 16.7 Å². The molecular weight excluding hydrogens is 550 g/mol. The van der Waals surface area contributed by atoms with Crippen LogP contribution in [0.15, 0.2) is 42.7 Å². The van der Waals surface area contributed by atoms with Gasteiger partial charge in [0.25, 0.3) is 0 Å². The molecule has 0 unspecified atom stereocenters. The first-order valence-electron chi connectivity index (χ1n) is 11.8. The molecule has 0 bridgehead atoms. The summed E-state index contributed by atoms with van der Waals surface area (Å²) in [7, 11) is 0. The van der Waals surface area contributed by atoms with E-state index in [2.05, 4.69) is 14.9 Å². The summed E-state index contributed by atoms with van der Waals surface area (Å²) in [6.45, 7) is 2.40. The van der Waals surface area contributed by atoms with Crippen molar-refractivity contribution in [3.05, 3.63) is 68.7 Å². The summed E-state index contributed by atoms with van der Waals surface area (Å²) < 4.78 is 51.5. The monoisotopic (exact) mass is 573 g/mol. The van der Waals surface area contributed by atoms with Crippen molar-refractivity contribution in [2.24, 2.45) is 0 Å². The minimum atomic E-state index is -4.51. The molecule has 3 heterocycles. The highest BCUT2D eigenvalue weighted by Gasteiger charge is 2.32. The number of hydrogen-bond acceptors (Lipinski definition) is 7. The predicted molar refractivity (Wildman–Crippen MR) is 135 cm³/mol. The Bertz CT molecular complexity index is 1250. The summed E-state index contributed by atoms with van der Waals surface area (Å²) in [6, 6.07) is 8.54. The third kappa shape index (κ3) is 7.19. The normalized spacial score (nSPS) is 14.5. The Kier molecular flexibility index (Phi) is 8.83. The molecule has 0 N–H and O–H groups in total. The highest BCUT2D eigenvalue weighted by Crippen LogP contribution is 2.34. The summed E-state index contributed by atoms with van der Waals surface area (Å²) in [6.07, 6.45) is 0.123. The molecule has 1 saturated heterocycles. The zero-order valence-corrected chi connectivity index (χ0v) is 21.5. The first kappa shape index (κ1) is 27.8. The molecule has 1 aromatic carbocycles. The van der Waals surface area contributed by atoms with Gasteiger partial charge in [0, 0.05) is 44.4 Å². The molecule has 3 aromatic rings. The molecule has 2 aromatic heterocycles. The average molecular weight is 574 g/mol. The SMILES string of the molecule is O=[N+]([O-])c1cn(CCCCOc2ccc(N3CCC(Oc4ncc(C(F)(F)F)cc4Cl)CC3)cc2)c(Cl)n1. The number of piperidine rings is 1. The van der Waals surface area contributed by atoms with Crippen molar-refractivity contribution in [2.45, 2.75) is 44.5 Å². The van der Waals surface area contributed by atoms with Gasteiger partial charge in [-0.15, -0.1) is 0 Å². The largest absolute Gasteiger partial charge is 0.494 e. The maximum absolute atomic E-state index is 12.8. The Morgan fingerprint density at radius 3 is 2.45 bits per heavy atom.